The monoisotopic (exact) mass is 332 g/mol. The molecule has 0 amide bonds. The number of nitrogens with zero attached hydrogens (tertiary/aromatic N) is 1. The minimum atomic E-state index is -4.61. The van der Waals surface area contributed by atoms with E-state index in [2.05, 4.69) is 10.3 Å². The summed E-state index contributed by atoms with van der Waals surface area (Å²) in [5.41, 5.74) is 0.616. The molecule has 1 aromatic heterocycles. The van der Waals surface area contributed by atoms with Gasteiger partial charge in [0.25, 0.3) is 0 Å². The van der Waals surface area contributed by atoms with Gasteiger partial charge in [-0.1, -0.05) is 6.92 Å². The van der Waals surface area contributed by atoms with E-state index in [1.165, 1.54) is 4.72 Å². The second-order valence-electron chi connectivity index (χ2n) is 3.90. The SMILES string of the molecule is CCNC(C)c1csc(NS(=O)(=O)NCC(F)(F)F)n1. The highest BCUT2D eigenvalue weighted by molar-refractivity contribution is 7.91. The highest BCUT2D eigenvalue weighted by Crippen LogP contribution is 2.21. The lowest BCUT2D eigenvalue weighted by Gasteiger charge is -2.10. The number of rotatable bonds is 7. The van der Waals surface area contributed by atoms with E-state index in [0.29, 0.717) is 12.2 Å². The Bertz CT molecular complexity index is 530. The van der Waals surface area contributed by atoms with E-state index in [1.54, 1.807) is 5.38 Å². The van der Waals surface area contributed by atoms with Gasteiger partial charge >= 0.3 is 16.4 Å². The van der Waals surface area contributed by atoms with E-state index in [0.717, 1.165) is 11.3 Å². The number of hydrogen-bond donors (Lipinski definition) is 3. The molecular weight excluding hydrogens is 317 g/mol. The number of anilines is 1. The summed E-state index contributed by atoms with van der Waals surface area (Å²) in [5, 5.41) is 4.73. The van der Waals surface area contributed by atoms with Crippen LogP contribution in [0.15, 0.2) is 5.38 Å². The number of thiazole rings is 1. The van der Waals surface area contributed by atoms with Crippen LogP contribution in [0.3, 0.4) is 0 Å². The first-order valence-electron chi connectivity index (χ1n) is 5.66. The fraction of sp³-hybridized carbons (Fsp3) is 0.667. The van der Waals surface area contributed by atoms with E-state index in [4.69, 9.17) is 0 Å². The molecule has 0 radical (unpaired) electrons. The summed E-state index contributed by atoms with van der Waals surface area (Å²) in [5.74, 6) is 0. The first-order valence-corrected chi connectivity index (χ1v) is 8.02. The Hall–Kier alpha value is -0.910. The van der Waals surface area contributed by atoms with Crippen molar-refractivity contribution in [3.8, 4) is 0 Å². The van der Waals surface area contributed by atoms with Gasteiger partial charge in [-0.3, -0.25) is 0 Å². The molecule has 0 aliphatic rings. The molecule has 1 unspecified atom stereocenters. The normalized spacial score (nSPS) is 14.2. The van der Waals surface area contributed by atoms with Crippen molar-refractivity contribution < 1.29 is 21.6 Å². The zero-order valence-electron chi connectivity index (χ0n) is 10.8. The lowest BCUT2D eigenvalue weighted by Crippen LogP contribution is -2.37. The third-order valence-corrected chi connectivity index (χ3v) is 4.05. The van der Waals surface area contributed by atoms with Crippen LogP contribution in [0.4, 0.5) is 18.3 Å². The van der Waals surface area contributed by atoms with Crippen molar-refractivity contribution in [2.45, 2.75) is 26.1 Å². The molecule has 0 saturated heterocycles. The predicted octanol–water partition coefficient (Wildman–Crippen LogP) is 1.62. The Labute approximate surface area is 119 Å². The van der Waals surface area contributed by atoms with E-state index in [9.17, 15) is 21.6 Å². The minimum absolute atomic E-state index is 0.0134. The van der Waals surface area contributed by atoms with Crippen LogP contribution in [-0.4, -0.2) is 32.7 Å². The van der Waals surface area contributed by atoms with Gasteiger partial charge in [-0.2, -0.15) is 26.3 Å². The molecule has 0 aliphatic carbocycles. The third kappa shape index (κ3) is 6.03. The van der Waals surface area contributed by atoms with Gasteiger partial charge in [-0.25, -0.2) is 9.71 Å². The maximum absolute atomic E-state index is 11.9. The Morgan fingerprint density at radius 2 is 2.10 bits per heavy atom. The summed E-state index contributed by atoms with van der Waals surface area (Å²) >= 11 is 1.00. The number of halogens is 3. The summed E-state index contributed by atoms with van der Waals surface area (Å²) in [7, 11) is -4.28. The van der Waals surface area contributed by atoms with E-state index in [-0.39, 0.29) is 11.2 Å². The van der Waals surface area contributed by atoms with Gasteiger partial charge in [0.15, 0.2) is 5.13 Å². The molecule has 0 aromatic carbocycles. The summed E-state index contributed by atoms with van der Waals surface area (Å²) in [4.78, 5) is 4.00. The second-order valence-corrected chi connectivity index (χ2v) is 6.26. The quantitative estimate of drug-likeness (QED) is 0.708. The number of alkyl halides is 3. The highest BCUT2D eigenvalue weighted by Gasteiger charge is 2.29. The average molecular weight is 332 g/mol. The van der Waals surface area contributed by atoms with Crippen LogP contribution in [0.25, 0.3) is 0 Å². The van der Waals surface area contributed by atoms with Gasteiger partial charge in [0, 0.05) is 11.4 Å². The first kappa shape index (κ1) is 17.1. The van der Waals surface area contributed by atoms with Crippen molar-refractivity contribution in [1.29, 1.82) is 0 Å². The van der Waals surface area contributed by atoms with Crippen LogP contribution in [0.2, 0.25) is 0 Å². The third-order valence-electron chi connectivity index (χ3n) is 2.16. The molecule has 1 rings (SSSR count). The van der Waals surface area contributed by atoms with Crippen LogP contribution < -0.4 is 14.8 Å². The zero-order valence-corrected chi connectivity index (χ0v) is 12.4. The predicted molar refractivity (Wildman–Crippen MR) is 70.8 cm³/mol. The molecule has 0 bridgehead atoms. The molecule has 0 saturated carbocycles. The molecular formula is C9H15F3N4O2S2. The van der Waals surface area contributed by atoms with Gasteiger partial charge < -0.3 is 5.32 Å². The van der Waals surface area contributed by atoms with Crippen LogP contribution in [0.1, 0.15) is 25.6 Å². The Balaban J connectivity index is 2.64. The van der Waals surface area contributed by atoms with Gasteiger partial charge in [0.2, 0.25) is 0 Å². The Morgan fingerprint density at radius 3 is 2.65 bits per heavy atom. The molecule has 1 atom stereocenters. The average Bonchev–Trinajstić information content (AvgIpc) is 2.74. The maximum atomic E-state index is 11.9. The molecule has 116 valence electrons. The second kappa shape index (κ2) is 6.70. The molecule has 0 spiro atoms. The molecule has 3 N–H and O–H groups in total. The topological polar surface area (TPSA) is 83.1 Å². The van der Waals surface area contributed by atoms with Crippen molar-refractivity contribution in [3.05, 3.63) is 11.1 Å². The number of nitrogens with one attached hydrogen (secondary N) is 3. The fourth-order valence-corrected chi connectivity index (χ4v) is 3.14. The fourth-order valence-electron chi connectivity index (χ4n) is 1.27. The van der Waals surface area contributed by atoms with Gasteiger partial charge in [-0.15, -0.1) is 11.3 Å². The zero-order chi connectivity index (χ0) is 15.4. The van der Waals surface area contributed by atoms with E-state index in [1.807, 2.05) is 18.6 Å². The smallest absolute Gasteiger partial charge is 0.309 e. The molecule has 20 heavy (non-hydrogen) atoms. The van der Waals surface area contributed by atoms with Gasteiger partial charge in [0.05, 0.1) is 5.69 Å². The van der Waals surface area contributed by atoms with Crippen molar-refractivity contribution in [2.75, 3.05) is 17.8 Å². The van der Waals surface area contributed by atoms with E-state index >= 15 is 0 Å². The number of aromatic nitrogens is 1. The summed E-state index contributed by atoms with van der Waals surface area (Å²) < 4.78 is 61.9. The van der Waals surface area contributed by atoms with Crippen LogP contribution in [0.5, 0.6) is 0 Å². The molecule has 11 heteroatoms. The molecule has 0 aliphatic heterocycles. The molecule has 1 aromatic rings. The van der Waals surface area contributed by atoms with Crippen molar-refractivity contribution in [1.82, 2.24) is 15.0 Å². The van der Waals surface area contributed by atoms with Crippen LogP contribution in [0, 0.1) is 0 Å². The largest absolute Gasteiger partial charge is 0.402 e. The summed E-state index contributed by atoms with van der Waals surface area (Å²) in [6.07, 6.45) is -4.61. The Morgan fingerprint density at radius 1 is 1.45 bits per heavy atom. The standard InChI is InChI=1S/C9H15F3N4O2S2/c1-3-13-6(2)7-4-19-8(15-7)16-20(17,18)14-5-9(10,11)12/h4,6,13-14H,3,5H2,1-2H3,(H,15,16). The lowest BCUT2D eigenvalue weighted by atomic mass is 10.3. The summed E-state index contributed by atoms with van der Waals surface area (Å²) in [6.45, 7) is 2.84. The van der Waals surface area contributed by atoms with Crippen molar-refractivity contribution >= 4 is 26.7 Å². The number of hydrogen-bond acceptors (Lipinski definition) is 5. The molecule has 6 nitrogen and oxygen atoms in total. The van der Waals surface area contributed by atoms with Crippen molar-refractivity contribution in [3.63, 3.8) is 0 Å². The van der Waals surface area contributed by atoms with Gasteiger partial charge in [0.1, 0.15) is 6.54 Å². The lowest BCUT2D eigenvalue weighted by molar-refractivity contribution is -0.121. The van der Waals surface area contributed by atoms with Gasteiger partial charge in [-0.05, 0) is 13.5 Å². The molecule has 0 fully saturated rings. The maximum Gasteiger partial charge on any atom is 0.402 e. The van der Waals surface area contributed by atoms with Crippen LogP contribution >= 0.6 is 11.3 Å². The Kier molecular flexibility index (Phi) is 5.74. The van der Waals surface area contributed by atoms with Crippen molar-refractivity contribution in [2.24, 2.45) is 0 Å². The minimum Gasteiger partial charge on any atom is -0.309 e. The molecule has 1 heterocycles. The first-order chi connectivity index (χ1) is 9.13. The van der Waals surface area contributed by atoms with Crippen LogP contribution in [-0.2, 0) is 10.2 Å². The van der Waals surface area contributed by atoms with E-state index < -0.39 is 22.9 Å². The summed E-state index contributed by atoms with van der Waals surface area (Å²) in [6, 6.07) is -0.0716. The highest BCUT2D eigenvalue weighted by atomic mass is 32.2.